The van der Waals surface area contributed by atoms with Crippen LogP contribution in [0.15, 0.2) is 71.5 Å². The summed E-state index contributed by atoms with van der Waals surface area (Å²) >= 11 is 0. The van der Waals surface area contributed by atoms with E-state index >= 15 is 0 Å². The van der Waals surface area contributed by atoms with Gasteiger partial charge in [0.1, 0.15) is 12.6 Å². The zero-order valence-corrected chi connectivity index (χ0v) is 12.3. The Labute approximate surface area is 133 Å². The number of hydrogen-bond donors (Lipinski definition) is 1. The van der Waals surface area contributed by atoms with E-state index < -0.39 is 12.1 Å². The number of hydrogen-bond acceptors (Lipinski definition) is 5. The molecule has 1 N–H and O–H groups in total. The molecular formula is C17H15N3O3. The Morgan fingerprint density at radius 1 is 1.09 bits per heavy atom. The molecule has 116 valence electrons. The Kier molecular flexibility index (Phi) is 4.63. The zero-order valence-electron chi connectivity index (χ0n) is 12.3. The lowest BCUT2D eigenvalue weighted by atomic mass is 10.1. The lowest BCUT2D eigenvalue weighted by molar-refractivity contribution is 0.135. The van der Waals surface area contributed by atoms with Crippen LogP contribution in [0.2, 0.25) is 0 Å². The van der Waals surface area contributed by atoms with E-state index in [0.717, 1.165) is 11.1 Å². The molecule has 3 aromatic rings. The summed E-state index contributed by atoms with van der Waals surface area (Å²) in [6, 6.07) is 18.3. The van der Waals surface area contributed by atoms with E-state index in [1.54, 1.807) is 0 Å². The Morgan fingerprint density at radius 2 is 1.78 bits per heavy atom. The highest BCUT2D eigenvalue weighted by Crippen LogP contribution is 2.19. The molecule has 1 atom stereocenters. The largest absolute Gasteiger partial charge is 0.445 e. The van der Waals surface area contributed by atoms with Gasteiger partial charge in [0.15, 0.2) is 6.33 Å². The molecule has 0 unspecified atom stereocenters. The number of benzene rings is 2. The minimum absolute atomic E-state index is 0.192. The summed E-state index contributed by atoms with van der Waals surface area (Å²) < 4.78 is 10.3. The highest BCUT2D eigenvalue weighted by molar-refractivity contribution is 5.68. The molecule has 0 aliphatic heterocycles. The number of nitrogens with one attached hydrogen (secondary N) is 1. The summed E-state index contributed by atoms with van der Waals surface area (Å²) in [6.07, 6.45) is 0.739. The number of ether oxygens (including phenoxy) is 1. The number of carbonyl (C=O) groups is 1. The maximum absolute atomic E-state index is 12.1. The first kappa shape index (κ1) is 14.8. The third-order valence-electron chi connectivity index (χ3n) is 3.23. The Bertz CT molecular complexity index is 730. The van der Waals surface area contributed by atoms with Crippen molar-refractivity contribution in [3.05, 3.63) is 84.0 Å². The fraction of sp³-hybridized carbons (Fsp3) is 0.118. The lowest BCUT2D eigenvalue weighted by Gasteiger charge is -2.15. The molecule has 0 fully saturated rings. The first-order valence-corrected chi connectivity index (χ1v) is 7.11. The highest BCUT2D eigenvalue weighted by Gasteiger charge is 2.22. The van der Waals surface area contributed by atoms with Gasteiger partial charge >= 0.3 is 6.09 Å². The van der Waals surface area contributed by atoms with Gasteiger partial charge in [-0.2, -0.15) is 4.98 Å². The van der Waals surface area contributed by atoms with Crippen molar-refractivity contribution in [3.8, 4) is 0 Å². The molecule has 2 aromatic carbocycles. The van der Waals surface area contributed by atoms with Crippen LogP contribution in [-0.4, -0.2) is 16.2 Å². The Morgan fingerprint density at radius 3 is 2.43 bits per heavy atom. The van der Waals surface area contributed by atoms with Gasteiger partial charge < -0.3 is 14.6 Å². The van der Waals surface area contributed by atoms with Crippen molar-refractivity contribution in [2.45, 2.75) is 12.6 Å². The topological polar surface area (TPSA) is 77.3 Å². The minimum Gasteiger partial charge on any atom is -0.445 e. The van der Waals surface area contributed by atoms with Crippen molar-refractivity contribution < 1.29 is 14.1 Å². The van der Waals surface area contributed by atoms with Gasteiger partial charge in [0.25, 0.3) is 5.89 Å². The van der Waals surface area contributed by atoms with Crippen LogP contribution in [0.3, 0.4) is 0 Å². The van der Waals surface area contributed by atoms with Crippen molar-refractivity contribution in [3.63, 3.8) is 0 Å². The van der Waals surface area contributed by atoms with E-state index in [4.69, 9.17) is 9.26 Å². The van der Waals surface area contributed by atoms with Gasteiger partial charge in [-0.05, 0) is 11.1 Å². The maximum atomic E-state index is 12.1. The number of amides is 1. The monoisotopic (exact) mass is 309 g/mol. The van der Waals surface area contributed by atoms with Crippen LogP contribution >= 0.6 is 0 Å². The summed E-state index contributed by atoms with van der Waals surface area (Å²) in [4.78, 5) is 16.1. The van der Waals surface area contributed by atoms with Gasteiger partial charge in [-0.3, -0.25) is 0 Å². The van der Waals surface area contributed by atoms with Crippen LogP contribution in [0.5, 0.6) is 0 Å². The van der Waals surface area contributed by atoms with E-state index in [1.165, 1.54) is 6.33 Å². The number of carbonyl (C=O) groups excluding carboxylic acids is 1. The molecule has 1 amide bonds. The number of rotatable bonds is 5. The standard InChI is InChI=1S/C17H15N3O3/c21-17(22-11-13-7-3-1-4-8-13)20-15(16-18-12-19-23-16)14-9-5-2-6-10-14/h1-10,12,15H,11H2,(H,20,21)/t15-/m1/s1. The van der Waals surface area contributed by atoms with E-state index in [-0.39, 0.29) is 6.61 Å². The van der Waals surface area contributed by atoms with Crippen molar-refractivity contribution in [2.24, 2.45) is 0 Å². The summed E-state index contributed by atoms with van der Waals surface area (Å²) in [6.45, 7) is 0.192. The average molecular weight is 309 g/mol. The molecule has 0 spiro atoms. The molecule has 0 bridgehead atoms. The second kappa shape index (κ2) is 7.22. The van der Waals surface area contributed by atoms with Gasteiger partial charge in [-0.25, -0.2) is 4.79 Å². The van der Waals surface area contributed by atoms with Crippen LogP contribution in [0.1, 0.15) is 23.1 Å². The van der Waals surface area contributed by atoms with E-state index in [1.807, 2.05) is 60.7 Å². The molecular weight excluding hydrogens is 294 g/mol. The summed E-state index contributed by atoms with van der Waals surface area (Å²) in [5.41, 5.74) is 1.74. The smallest absolute Gasteiger partial charge is 0.408 e. The molecule has 0 saturated heterocycles. The average Bonchev–Trinajstić information content (AvgIpc) is 3.14. The van der Waals surface area contributed by atoms with E-state index in [2.05, 4.69) is 15.5 Å². The number of aromatic nitrogens is 2. The first-order chi connectivity index (χ1) is 11.3. The van der Waals surface area contributed by atoms with Gasteiger partial charge in [-0.15, -0.1) is 0 Å². The predicted molar refractivity (Wildman–Crippen MR) is 82.3 cm³/mol. The first-order valence-electron chi connectivity index (χ1n) is 7.11. The molecule has 0 aliphatic rings. The molecule has 0 aliphatic carbocycles. The highest BCUT2D eigenvalue weighted by atomic mass is 16.5. The normalized spacial score (nSPS) is 11.7. The van der Waals surface area contributed by atoms with Crippen LogP contribution in [0.4, 0.5) is 4.79 Å². The van der Waals surface area contributed by atoms with Crippen molar-refractivity contribution >= 4 is 6.09 Å². The Balaban J connectivity index is 1.68. The molecule has 1 heterocycles. The van der Waals surface area contributed by atoms with Crippen molar-refractivity contribution in [1.29, 1.82) is 0 Å². The fourth-order valence-corrected chi connectivity index (χ4v) is 2.12. The SMILES string of the molecule is O=C(N[C@H](c1ccccc1)c1ncno1)OCc1ccccc1. The van der Waals surface area contributed by atoms with E-state index in [0.29, 0.717) is 5.89 Å². The van der Waals surface area contributed by atoms with Gasteiger partial charge in [0.2, 0.25) is 0 Å². The zero-order chi connectivity index (χ0) is 15.9. The van der Waals surface area contributed by atoms with E-state index in [9.17, 15) is 4.79 Å². The lowest BCUT2D eigenvalue weighted by Crippen LogP contribution is -2.30. The van der Waals surface area contributed by atoms with Crippen LogP contribution in [-0.2, 0) is 11.3 Å². The van der Waals surface area contributed by atoms with Gasteiger partial charge in [0, 0.05) is 0 Å². The molecule has 23 heavy (non-hydrogen) atoms. The van der Waals surface area contributed by atoms with Crippen LogP contribution in [0.25, 0.3) is 0 Å². The molecule has 6 heteroatoms. The number of alkyl carbamates (subject to hydrolysis) is 1. The van der Waals surface area contributed by atoms with Gasteiger partial charge in [-0.1, -0.05) is 65.8 Å². The second-order valence-electron chi connectivity index (χ2n) is 4.83. The maximum Gasteiger partial charge on any atom is 0.408 e. The molecule has 0 saturated carbocycles. The summed E-state index contributed by atoms with van der Waals surface area (Å²) in [5.74, 6) is 0.299. The number of nitrogens with zero attached hydrogens (tertiary/aromatic N) is 2. The summed E-state index contributed by atoms with van der Waals surface area (Å²) in [5, 5.41) is 6.34. The molecule has 0 radical (unpaired) electrons. The van der Waals surface area contributed by atoms with Crippen LogP contribution < -0.4 is 5.32 Å². The van der Waals surface area contributed by atoms with Crippen molar-refractivity contribution in [1.82, 2.24) is 15.5 Å². The van der Waals surface area contributed by atoms with Gasteiger partial charge in [0.05, 0.1) is 0 Å². The predicted octanol–water partition coefficient (Wildman–Crippen LogP) is 3.09. The third-order valence-corrected chi connectivity index (χ3v) is 3.23. The molecule has 1 aromatic heterocycles. The van der Waals surface area contributed by atoms with Crippen LogP contribution in [0, 0.1) is 0 Å². The van der Waals surface area contributed by atoms with Crippen molar-refractivity contribution in [2.75, 3.05) is 0 Å². The minimum atomic E-state index is -0.555. The quantitative estimate of drug-likeness (QED) is 0.783. The molecule has 3 rings (SSSR count). The third kappa shape index (κ3) is 3.94. The Hall–Kier alpha value is -3.15. The second-order valence-corrected chi connectivity index (χ2v) is 4.83. The fourth-order valence-electron chi connectivity index (χ4n) is 2.12. The molecule has 6 nitrogen and oxygen atoms in total. The summed E-state index contributed by atoms with van der Waals surface area (Å²) in [7, 11) is 0.